The van der Waals surface area contributed by atoms with Crippen molar-refractivity contribution in [3.05, 3.63) is 48.0 Å². The van der Waals surface area contributed by atoms with Crippen LogP contribution in [0, 0.1) is 0 Å². The fourth-order valence-corrected chi connectivity index (χ4v) is 2.53. The first kappa shape index (κ1) is 13.5. The van der Waals surface area contributed by atoms with Crippen LogP contribution in [-0.2, 0) is 0 Å². The predicted molar refractivity (Wildman–Crippen MR) is 82.3 cm³/mol. The average Bonchev–Trinajstić information content (AvgIpc) is 3.03. The smallest absolute Gasteiger partial charge is 0.256 e. The number of hydrogen-bond donors (Lipinski definition) is 2. The molecule has 1 heterocycles. The van der Waals surface area contributed by atoms with Gasteiger partial charge in [-0.15, -0.1) is 10.2 Å². The van der Waals surface area contributed by atoms with Gasteiger partial charge < -0.3 is 10.6 Å². The number of nitrogens with one attached hydrogen (secondary N) is 2. The van der Waals surface area contributed by atoms with E-state index in [-0.39, 0.29) is 5.91 Å². The summed E-state index contributed by atoms with van der Waals surface area (Å²) in [5.74, 6) is 1.04. The van der Waals surface area contributed by atoms with Gasteiger partial charge in [0.1, 0.15) is 5.82 Å². The van der Waals surface area contributed by atoms with Gasteiger partial charge in [-0.1, -0.05) is 31.0 Å². The SMILES string of the molecule is O=C(Nc1ccc(NC2CCCC2)nn1)c1ccccc1. The Morgan fingerprint density at radius 1 is 0.952 bits per heavy atom. The molecule has 2 aromatic rings. The lowest BCUT2D eigenvalue weighted by atomic mass is 10.2. The van der Waals surface area contributed by atoms with Gasteiger partial charge in [0.2, 0.25) is 0 Å². The van der Waals surface area contributed by atoms with E-state index in [1.165, 1.54) is 25.7 Å². The van der Waals surface area contributed by atoms with Crippen molar-refractivity contribution in [2.45, 2.75) is 31.7 Å². The Morgan fingerprint density at radius 2 is 1.62 bits per heavy atom. The monoisotopic (exact) mass is 282 g/mol. The third kappa shape index (κ3) is 3.56. The number of anilines is 2. The van der Waals surface area contributed by atoms with E-state index in [9.17, 15) is 4.79 Å². The Morgan fingerprint density at radius 3 is 2.29 bits per heavy atom. The summed E-state index contributed by atoms with van der Waals surface area (Å²) in [5.41, 5.74) is 0.604. The first-order valence-corrected chi connectivity index (χ1v) is 7.28. The number of amides is 1. The summed E-state index contributed by atoms with van der Waals surface area (Å²) in [4.78, 5) is 12.0. The van der Waals surface area contributed by atoms with Gasteiger partial charge in [-0.05, 0) is 37.1 Å². The lowest BCUT2D eigenvalue weighted by Gasteiger charge is -2.12. The molecule has 5 nitrogen and oxygen atoms in total. The molecule has 0 unspecified atom stereocenters. The molecule has 1 saturated carbocycles. The van der Waals surface area contributed by atoms with Crippen molar-refractivity contribution >= 4 is 17.5 Å². The molecule has 0 radical (unpaired) electrons. The number of hydrogen-bond acceptors (Lipinski definition) is 4. The van der Waals surface area contributed by atoms with E-state index < -0.39 is 0 Å². The number of rotatable bonds is 4. The van der Waals surface area contributed by atoms with E-state index in [1.807, 2.05) is 24.3 Å². The molecular weight excluding hydrogens is 264 g/mol. The van der Waals surface area contributed by atoms with E-state index >= 15 is 0 Å². The van der Waals surface area contributed by atoms with E-state index in [0.29, 0.717) is 17.4 Å². The zero-order valence-electron chi connectivity index (χ0n) is 11.7. The molecule has 108 valence electrons. The Labute approximate surface area is 123 Å². The zero-order valence-corrected chi connectivity index (χ0v) is 11.7. The summed E-state index contributed by atoms with van der Waals surface area (Å²) in [7, 11) is 0. The van der Waals surface area contributed by atoms with Gasteiger partial charge in [0.15, 0.2) is 5.82 Å². The van der Waals surface area contributed by atoms with Crippen molar-refractivity contribution in [1.82, 2.24) is 10.2 Å². The third-order valence-electron chi connectivity index (χ3n) is 3.65. The van der Waals surface area contributed by atoms with Crippen molar-refractivity contribution in [2.75, 3.05) is 10.6 Å². The largest absolute Gasteiger partial charge is 0.366 e. The van der Waals surface area contributed by atoms with Gasteiger partial charge in [0.05, 0.1) is 0 Å². The molecule has 1 fully saturated rings. The highest BCUT2D eigenvalue weighted by atomic mass is 16.1. The van der Waals surface area contributed by atoms with Crippen LogP contribution >= 0.6 is 0 Å². The molecular formula is C16H18N4O. The fourth-order valence-electron chi connectivity index (χ4n) is 2.53. The lowest BCUT2D eigenvalue weighted by molar-refractivity contribution is 0.102. The lowest BCUT2D eigenvalue weighted by Crippen LogP contribution is -2.17. The maximum Gasteiger partial charge on any atom is 0.256 e. The molecule has 0 spiro atoms. The molecule has 3 rings (SSSR count). The van der Waals surface area contributed by atoms with E-state index in [1.54, 1.807) is 18.2 Å². The highest BCUT2D eigenvalue weighted by Crippen LogP contribution is 2.21. The summed E-state index contributed by atoms with van der Waals surface area (Å²) in [5, 5.41) is 14.3. The molecule has 1 aliphatic rings. The van der Waals surface area contributed by atoms with E-state index in [4.69, 9.17) is 0 Å². The van der Waals surface area contributed by atoms with Crippen LogP contribution in [0.3, 0.4) is 0 Å². The number of benzene rings is 1. The minimum Gasteiger partial charge on any atom is -0.366 e. The second-order valence-corrected chi connectivity index (χ2v) is 5.25. The molecule has 0 bridgehead atoms. The second kappa shape index (κ2) is 6.35. The van der Waals surface area contributed by atoms with Crippen LogP contribution in [0.4, 0.5) is 11.6 Å². The van der Waals surface area contributed by atoms with Gasteiger partial charge in [-0.2, -0.15) is 0 Å². The summed E-state index contributed by atoms with van der Waals surface area (Å²) < 4.78 is 0. The maximum absolute atomic E-state index is 12.0. The molecule has 0 saturated heterocycles. The minimum absolute atomic E-state index is 0.179. The summed E-state index contributed by atoms with van der Waals surface area (Å²) >= 11 is 0. The standard InChI is InChI=1S/C16H18N4O/c21-16(12-6-2-1-3-7-12)18-15-11-10-14(19-20-15)17-13-8-4-5-9-13/h1-3,6-7,10-11,13H,4-5,8-9H2,(H,17,19)(H,18,20,21). The highest BCUT2D eigenvalue weighted by Gasteiger charge is 2.15. The predicted octanol–water partition coefficient (Wildman–Crippen LogP) is 3.08. The van der Waals surface area contributed by atoms with E-state index in [2.05, 4.69) is 20.8 Å². The number of nitrogens with zero attached hydrogens (tertiary/aromatic N) is 2. The van der Waals surface area contributed by atoms with E-state index in [0.717, 1.165) is 5.82 Å². The molecule has 5 heteroatoms. The van der Waals surface area contributed by atoms with Crippen LogP contribution in [0.15, 0.2) is 42.5 Å². The van der Waals surface area contributed by atoms with Gasteiger partial charge in [-0.3, -0.25) is 4.79 Å². The molecule has 0 aliphatic heterocycles. The van der Waals surface area contributed by atoms with Crippen molar-refractivity contribution in [3.8, 4) is 0 Å². The van der Waals surface area contributed by atoms with Gasteiger partial charge >= 0.3 is 0 Å². The molecule has 1 aliphatic carbocycles. The molecule has 1 aromatic carbocycles. The van der Waals surface area contributed by atoms with Crippen molar-refractivity contribution < 1.29 is 4.79 Å². The minimum atomic E-state index is -0.179. The molecule has 1 amide bonds. The van der Waals surface area contributed by atoms with Gasteiger partial charge in [0.25, 0.3) is 5.91 Å². The number of aromatic nitrogens is 2. The maximum atomic E-state index is 12.0. The summed E-state index contributed by atoms with van der Waals surface area (Å²) in [6.07, 6.45) is 4.93. The Bertz CT molecular complexity index is 591. The van der Waals surface area contributed by atoms with Crippen molar-refractivity contribution in [2.24, 2.45) is 0 Å². The summed E-state index contributed by atoms with van der Waals surface area (Å²) in [6, 6.07) is 13.2. The third-order valence-corrected chi connectivity index (χ3v) is 3.65. The van der Waals surface area contributed by atoms with Crippen LogP contribution in [0.5, 0.6) is 0 Å². The fraction of sp³-hybridized carbons (Fsp3) is 0.312. The Kier molecular flexibility index (Phi) is 4.09. The molecule has 21 heavy (non-hydrogen) atoms. The number of carbonyl (C=O) groups is 1. The molecule has 1 aromatic heterocycles. The number of carbonyl (C=O) groups excluding carboxylic acids is 1. The zero-order chi connectivity index (χ0) is 14.5. The first-order valence-electron chi connectivity index (χ1n) is 7.28. The van der Waals surface area contributed by atoms with Crippen molar-refractivity contribution in [3.63, 3.8) is 0 Å². The molecule has 0 atom stereocenters. The van der Waals surface area contributed by atoms with Crippen LogP contribution in [-0.4, -0.2) is 22.1 Å². The van der Waals surface area contributed by atoms with Crippen molar-refractivity contribution in [1.29, 1.82) is 0 Å². The van der Waals surface area contributed by atoms with Crippen LogP contribution in [0.1, 0.15) is 36.0 Å². The highest BCUT2D eigenvalue weighted by molar-refractivity contribution is 6.03. The van der Waals surface area contributed by atoms with Gasteiger partial charge in [-0.25, -0.2) is 0 Å². The van der Waals surface area contributed by atoms with Gasteiger partial charge in [0, 0.05) is 11.6 Å². The summed E-state index contributed by atoms with van der Waals surface area (Å²) in [6.45, 7) is 0. The first-order chi connectivity index (χ1) is 10.3. The normalized spacial score (nSPS) is 14.9. The second-order valence-electron chi connectivity index (χ2n) is 5.25. The average molecular weight is 282 g/mol. The Hall–Kier alpha value is -2.43. The quantitative estimate of drug-likeness (QED) is 0.904. The van der Waals surface area contributed by atoms with Crippen LogP contribution < -0.4 is 10.6 Å². The topological polar surface area (TPSA) is 66.9 Å². The molecule has 2 N–H and O–H groups in total. The van der Waals surface area contributed by atoms with Crippen LogP contribution in [0.2, 0.25) is 0 Å². The van der Waals surface area contributed by atoms with Crippen LogP contribution in [0.25, 0.3) is 0 Å². The Balaban J connectivity index is 1.60.